The summed E-state index contributed by atoms with van der Waals surface area (Å²) in [6.07, 6.45) is 9.04. The first kappa shape index (κ1) is 15.4. The lowest BCUT2D eigenvalue weighted by Crippen LogP contribution is -1.92. The molecule has 0 amide bonds. The first-order valence-corrected chi connectivity index (χ1v) is 7.66. The van der Waals surface area contributed by atoms with Crippen LogP contribution in [0.3, 0.4) is 0 Å². The van der Waals surface area contributed by atoms with Gasteiger partial charge in [0.15, 0.2) is 0 Å². The van der Waals surface area contributed by atoms with Gasteiger partial charge in [-0.2, -0.15) is 0 Å². The molecule has 0 aliphatic carbocycles. The van der Waals surface area contributed by atoms with Crippen LogP contribution >= 0.6 is 0 Å². The summed E-state index contributed by atoms with van der Waals surface area (Å²) in [4.78, 5) is 0. The van der Waals surface area contributed by atoms with Gasteiger partial charge in [0.1, 0.15) is 0 Å². The Bertz CT molecular complexity index is 661. The van der Waals surface area contributed by atoms with E-state index in [9.17, 15) is 0 Å². The Hall–Kier alpha value is -2.02. The van der Waals surface area contributed by atoms with E-state index in [4.69, 9.17) is 5.73 Å². The Morgan fingerprint density at radius 3 is 2.67 bits per heavy atom. The quantitative estimate of drug-likeness (QED) is 0.542. The zero-order valence-corrected chi connectivity index (χ0v) is 13.3. The number of fused-ring (bicyclic) bond motifs is 1. The number of allylic oxidation sites excluding steroid dienone is 3. The second-order valence-electron chi connectivity index (χ2n) is 5.98. The summed E-state index contributed by atoms with van der Waals surface area (Å²) in [5.74, 6) is 0.562. The molecular weight excluding hydrogens is 254 g/mol. The molecule has 0 saturated carbocycles. The van der Waals surface area contributed by atoms with Crippen molar-refractivity contribution in [3.63, 3.8) is 0 Å². The molecule has 2 aromatic carbocycles. The molecule has 1 atom stereocenters. The molecule has 0 spiro atoms. The number of hydrogen-bond donors (Lipinski definition) is 1. The van der Waals surface area contributed by atoms with Crippen molar-refractivity contribution in [1.29, 1.82) is 0 Å². The van der Waals surface area contributed by atoms with Crippen molar-refractivity contribution >= 4 is 22.5 Å². The molecule has 0 aromatic heterocycles. The van der Waals surface area contributed by atoms with Gasteiger partial charge in [-0.25, -0.2) is 0 Å². The largest absolute Gasteiger partial charge is 0.398 e. The third-order valence-corrected chi connectivity index (χ3v) is 3.78. The minimum absolute atomic E-state index is 0.562. The maximum atomic E-state index is 6.28. The van der Waals surface area contributed by atoms with Crippen LogP contribution in [-0.4, -0.2) is 0 Å². The van der Waals surface area contributed by atoms with Crippen molar-refractivity contribution in [3.05, 3.63) is 59.7 Å². The molecule has 0 fully saturated rings. The van der Waals surface area contributed by atoms with Crippen LogP contribution in [0.1, 0.15) is 39.2 Å². The van der Waals surface area contributed by atoms with Crippen molar-refractivity contribution in [2.24, 2.45) is 5.92 Å². The highest BCUT2D eigenvalue weighted by atomic mass is 14.6. The standard InChI is InChI=1S/C20H25N/c1-15(2)7-6-8-16(3)11-12-18-14-13-17-9-4-5-10-19(17)20(18)21/h4-5,7,9-14,16H,6,8,21H2,1-3H3/b12-11+. The predicted octanol–water partition coefficient (Wildman–Crippen LogP) is 5.82. The van der Waals surface area contributed by atoms with E-state index in [2.05, 4.69) is 63.3 Å². The highest BCUT2D eigenvalue weighted by Crippen LogP contribution is 2.26. The molecule has 0 saturated heterocycles. The summed E-state index contributed by atoms with van der Waals surface area (Å²) >= 11 is 0. The Morgan fingerprint density at radius 1 is 1.14 bits per heavy atom. The molecule has 0 bridgehead atoms. The van der Waals surface area contributed by atoms with E-state index >= 15 is 0 Å². The van der Waals surface area contributed by atoms with Crippen LogP contribution in [0.4, 0.5) is 5.69 Å². The molecule has 2 aromatic rings. The van der Waals surface area contributed by atoms with Crippen LogP contribution < -0.4 is 5.73 Å². The van der Waals surface area contributed by atoms with Crippen molar-refractivity contribution in [2.75, 3.05) is 5.73 Å². The number of rotatable bonds is 5. The Kier molecular flexibility index (Phi) is 5.21. The summed E-state index contributed by atoms with van der Waals surface area (Å²) in [5, 5.41) is 2.33. The van der Waals surface area contributed by atoms with Gasteiger partial charge in [0.2, 0.25) is 0 Å². The fraction of sp³-hybridized carbons (Fsp3) is 0.300. The van der Waals surface area contributed by atoms with Crippen LogP contribution in [0.25, 0.3) is 16.8 Å². The maximum Gasteiger partial charge on any atom is 0.0467 e. The number of nitrogens with two attached hydrogens (primary N) is 1. The zero-order valence-electron chi connectivity index (χ0n) is 13.3. The van der Waals surface area contributed by atoms with Gasteiger partial charge in [-0.05, 0) is 43.6 Å². The lowest BCUT2D eigenvalue weighted by Gasteiger charge is -2.07. The molecule has 21 heavy (non-hydrogen) atoms. The van der Waals surface area contributed by atoms with Gasteiger partial charge in [0.05, 0.1) is 0 Å². The third-order valence-electron chi connectivity index (χ3n) is 3.78. The molecule has 1 nitrogen and oxygen atoms in total. The molecule has 110 valence electrons. The fourth-order valence-electron chi connectivity index (χ4n) is 2.46. The molecule has 2 N–H and O–H groups in total. The lowest BCUT2D eigenvalue weighted by molar-refractivity contribution is 0.659. The molecule has 1 heteroatoms. The summed E-state index contributed by atoms with van der Waals surface area (Å²) in [6, 6.07) is 12.5. The van der Waals surface area contributed by atoms with Crippen LogP contribution in [0.15, 0.2) is 54.1 Å². The average molecular weight is 279 g/mol. The Labute approximate surface area is 128 Å². The molecule has 0 radical (unpaired) electrons. The predicted molar refractivity (Wildman–Crippen MR) is 95.2 cm³/mol. The summed E-state index contributed by atoms with van der Waals surface area (Å²) in [7, 11) is 0. The second kappa shape index (κ2) is 7.12. The van der Waals surface area contributed by atoms with Crippen LogP contribution in [0, 0.1) is 5.92 Å². The molecule has 0 heterocycles. The first-order chi connectivity index (χ1) is 10.1. The molecule has 2 rings (SSSR count). The van der Waals surface area contributed by atoms with Crippen LogP contribution in [0.2, 0.25) is 0 Å². The van der Waals surface area contributed by atoms with Gasteiger partial charge in [0, 0.05) is 11.1 Å². The van der Waals surface area contributed by atoms with E-state index in [0.29, 0.717) is 5.92 Å². The zero-order chi connectivity index (χ0) is 15.2. The van der Waals surface area contributed by atoms with Crippen LogP contribution in [0.5, 0.6) is 0 Å². The molecular formula is C20H25N. The van der Waals surface area contributed by atoms with Gasteiger partial charge in [-0.15, -0.1) is 0 Å². The normalized spacial score (nSPS) is 12.7. The smallest absolute Gasteiger partial charge is 0.0467 e. The first-order valence-electron chi connectivity index (χ1n) is 7.66. The highest BCUT2D eigenvalue weighted by molar-refractivity contribution is 5.96. The SMILES string of the molecule is CC(C)=CCCC(C)/C=C/c1ccc2ccccc2c1N. The third kappa shape index (κ3) is 4.22. The average Bonchev–Trinajstić information content (AvgIpc) is 2.46. The van der Waals surface area contributed by atoms with Crippen molar-refractivity contribution in [2.45, 2.75) is 33.6 Å². The van der Waals surface area contributed by atoms with E-state index in [1.807, 2.05) is 12.1 Å². The van der Waals surface area contributed by atoms with Gasteiger partial charge in [-0.1, -0.05) is 67.1 Å². The summed E-state index contributed by atoms with van der Waals surface area (Å²) in [6.45, 7) is 6.55. The van der Waals surface area contributed by atoms with Gasteiger partial charge < -0.3 is 5.73 Å². The maximum absolute atomic E-state index is 6.28. The fourth-order valence-corrected chi connectivity index (χ4v) is 2.46. The van der Waals surface area contributed by atoms with Gasteiger partial charge >= 0.3 is 0 Å². The van der Waals surface area contributed by atoms with Gasteiger partial charge in [-0.3, -0.25) is 0 Å². The van der Waals surface area contributed by atoms with E-state index < -0.39 is 0 Å². The lowest BCUT2D eigenvalue weighted by atomic mass is 10.0. The monoisotopic (exact) mass is 279 g/mol. The van der Waals surface area contributed by atoms with Crippen molar-refractivity contribution in [3.8, 4) is 0 Å². The van der Waals surface area contributed by atoms with Crippen LogP contribution in [-0.2, 0) is 0 Å². The number of anilines is 1. The van der Waals surface area contributed by atoms with E-state index in [1.165, 1.54) is 17.4 Å². The van der Waals surface area contributed by atoms with Crippen molar-refractivity contribution in [1.82, 2.24) is 0 Å². The second-order valence-corrected chi connectivity index (χ2v) is 5.98. The van der Waals surface area contributed by atoms with Crippen molar-refractivity contribution < 1.29 is 0 Å². The number of benzene rings is 2. The minimum atomic E-state index is 0.562. The summed E-state index contributed by atoms with van der Waals surface area (Å²) < 4.78 is 0. The summed E-state index contributed by atoms with van der Waals surface area (Å²) in [5.41, 5.74) is 9.67. The molecule has 1 unspecified atom stereocenters. The highest BCUT2D eigenvalue weighted by Gasteiger charge is 2.02. The number of nitrogen functional groups attached to an aromatic ring is 1. The van der Waals surface area contributed by atoms with E-state index in [0.717, 1.165) is 23.1 Å². The van der Waals surface area contributed by atoms with E-state index in [-0.39, 0.29) is 0 Å². The molecule has 0 aliphatic heterocycles. The minimum Gasteiger partial charge on any atom is -0.398 e. The van der Waals surface area contributed by atoms with Gasteiger partial charge in [0.25, 0.3) is 0 Å². The van der Waals surface area contributed by atoms with E-state index in [1.54, 1.807) is 0 Å². The number of hydrogen-bond acceptors (Lipinski definition) is 1. The Balaban J connectivity index is 2.10. The molecule has 0 aliphatic rings. The Morgan fingerprint density at radius 2 is 1.90 bits per heavy atom. The topological polar surface area (TPSA) is 26.0 Å².